The normalized spacial score (nSPS) is 7.50. The summed E-state index contributed by atoms with van der Waals surface area (Å²) < 4.78 is 4.28. The molecule has 0 N–H and O–H groups in total. The first-order chi connectivity index (χ1) is 3.81. The third-order valence-electron chi connectivity index (χ3n) is 0.482. The number of hydrogen-bond acceptors (Lipinski definition) is 3. The van der Waals surface area contributed by atoms with E-state index < -0.39 is 0 Å². The van der Waals surface area contributed by atoms with Crippen LogP contribution in [0.25, 0.3) is 0 Å². The van der Waals surface area contributed by atoms with Gasteiger partial charge in [0.2, 0.25) is 0 Å². The molecule has 4 heteroatoms. The summed E-state index contributed by atoms with van der Waals surface area (Å²) in [6.45, 7) is 0. The Morgan fingerprint density at radius 2 is 2.62 bits per heavy atom. The van der Waals surface area contributed by atoms with E-state index in [4.69, 9.17) is 5.26 Å². The number of nitrogens with zero attached hydrogens (tertiary/aromatic N) is 1. The van der Waals surface area contributed by atoms with E-state index in [-0.39, 0.29) is 26.2 Å². The summed E-state index contributed by atoms with van der Waals surface area (Å²) in [5, 5.41) is 8.24. The van der Waals surface area contributed by atoms with E-state index in [0.717, 1.165) is 0 Å². The van der Waals surface area contributed by atoms with Gasteiger partial charge >= 0.3 is 53.1 Å². The monoisotopic (exact) mass is 179 g/mol. The van der Waals surface area contributed by atoms with Gasteiger partial charge in [-0.15, -0.1) is 0 Å². The van der Waals surface area contributed by atoms with Crippen LogP contribution in [0.4, 0.5) is 0 Å². The van der Waals surface area contributed by atoms with Crippen molar-refractivity contribution in [1.29, 1.82) is 5.26 Å². The summed E-state index contributed by atoms with van der Waals surface area (Å²) >= 11 is -0.229. The second-order valence-electron chi connectivity index (χ2n) is 0.956. The van der Waals surface area contributed by atoms with Crippen molar-refractivity contribution < 1.29 is 9.53 Å². The van der Waals surface area contributed by atoms with Crippen LogP contribution >= 0.6 is 0 Å². The topological polar surface area (TPSA) is 50.1 Å². The summed E-state index contributed by atoms with van der Waals surface area (Å²) in [6.07, 6.45) is 0. The van der Waals surface area contributed by atoms with Crippen LogP contribution in [0, 0.1) is 10.2 Å². The molecule has 0 radical (unpaired) electrons. The molecular weight excluding hydrogens is 173 g/mol. The Morgan fingerprint density at radius 1 is 2.00 bits per heavy atom. The number of esters is 1. The first-order valence-electron chi connectivity index (χ1n) is 1.89. The Balaban J connectivity index is 3.15. The Labute approximate surface area is 53.8 Å². The molecule has 0 amide bonds. The van der Waals surface area contributed by atoms with E-state index in [1.54, 1.807) is 0 Å². The number of ether oxygens (including phenoxy) is 1. The van der Waals surface area contributed by atoms with Crippen molar-refractivity contribution in [2.24, 2.45) is 0 Å². The predicted molar refractivity (Wildman–Crippen MR) is 28.2 cm³/mol. The molecule has 0 rings (SSSR count). The summed E-state index contributed by atoms with van der Waals surface area (Å²) in [6, 6.07) is 0. The molecule has 0 aliphatic carbocycles. The number of carbonyl (C=O) groups is 1. The first-order valence-corrected chi connectivity index (χ1v) is 3.95. The Hall–Kier alpha value is -0.521. The van der Waals surface area contributed by atoms with Gasteiger partial charge in [-0.25, -0.2) is 0 Å². The molecular formula is C4H5NO2Se. The molecule has 0 aliphatic rings. The van der Waals surface area contributed by atoms with Crippen LogP contribution in [0.2, 0.25) is 5.32 Å². The standard InChI is InChI=1S/C4H5NO2Se/c1-7-4(6)2-8-3-5/h2H2,1H3. The third-order valence-corrected chi connectivity index (χ3v) is 1.55. The van der Waals surface area contributed by atoms with E-state index in [0.29, 0.717) is 0 Å². The van der Waals surface area contributed by atoms with Crippen molar-refractivity contribution >= 4 is 20.9 Å². The van der Waals surface area contributed by atoms with Crippen LogP contribution in [0.15, 0.2) is 0 Å². The van der Waals surface area contributed by atoms with E-state index in [1.165, 1.54) is 7.11 Å². The fourth-order valence-electron chi connectivity index (χ4n) is 0.150. The van der Waals surface area contributed by atoms with Crippen LogP contribution in [0.5, 0.6) is 0 Å². The molecule has 3 nitrogen and oxygen atoms in total. The average Bonchev–Trinajstić information content (AvgIpc) is 1.83. The molecule has 0 bridgehead atoms. The van der Waals surface area contributed by atoms with Gasteiger partial charge in [-0.1, -0.05) is 0 Å². The quantitative estimate of drug-likeness (QED) is 0.433. The van der Waals surface area contributed by atoms with Crippen molar-refractivity contribution in [3.8, 4) is 4.97 Å². The molecule has 0 unspecified atom stereocenters. The Bertz CT molecular complexity index is 118. The van der Waals surface area contributed by atoms with Gasteiger partial charge in [-0.05, 0) is 0 Å². The summed E-state index contributed by atoms with van der Waals surface area (Å²) in [5.41, 5.74) is 0. The maximum atomic E-state index is 10.2. The van der Waals surface area contributed by atoms with Gasteiger partial charge in [0.1, 0.15) is 0 Å². The van der Waals surface area contributed by atoms with E-state index in [1.807, 2.05) is 4.97 Å². The number of carbonyl (C=O) groups excluding carboxylic acids is 1. The predicted octanol–water partition coefficient (Wildman–Crippen LogP) is -0.237. The molecule has 44 valence electrons. The second kappa shape index (κ2) is 4.63. The van der Waals surface area contributed by atoms with E-state index >= 15 is 0 Å². The van der Waals surface area contributed by atoms with Gasteiger partial charge in [-0.2, -0.15) is 0 Å². The number of hydrogen-bond donors (Lipinski definition) is 0. The van der Waals surface area contributed by atoms with Crippen LogP contribution in [0.3, 0.4) is 0 Å². The zero-order chi connectivity index (χ0) is 6.41. The molecule has 8 heavy (non-hydrogen) atoms. The Morgan fingerprint density at radius 3 is 3.00 bits per heavy atom. The number of nitriles is 1. The molecule has 0 saturated carbocycles. The fraction of sp³-hybridized carbons (Fsp3) is 0.500. The molecule has 0 aromatic heterocycles. The second-order valence-corrected chi connectivity index (χ2v) is 2.55. The van der Waals surface area contributed by atoms with E-state index in [9.17, 15) is 4.79 Å². The first kappa shape index (κ1) is 7.48. The number of methoxy groups -OCH3 is 1. The molecule has 0 heterocycles. The van der Waals surface area contributed by atoms with Gasteiger partial charge in [-0.3, -0.25) is 0 Å². The zero-order valence-corrected chi connectivity index (χ0v) is 6.09. The third kappa shape index (κ3) is 3.66. The number of rotatable bonds is 2. The average molecular weight is 178 g/mol. The van der Waals surface area contributed by atoms with Crippen molar-refractivity contribution in [3.05, 3.63) is 0 Å². The van der Waals surface area contributed by atoms with Gasteiger partial charge in [0.15, 0.2) is 0 Å². The van der Waals surface area contributed by atoms with Gasteiger partial charge < -0.3 is 0 Å². The Kier molecular flexibility index (Phi) is 4.33. The molecule has 0 aromatic rings. The van der Waals surface area contributed by atoms with Gasteiger partial charge in [0.05, 0.1) is 0 Å². The van der Waals surface area contributed by atoms with Crippen LogP contribution in [-0.4, -0.2) is 28.0 Å². The molecule has 0 fully saturated rings. The minimum absolute atomic E-state index is 0.229. The van der Waals surface area contributed by atoms with E-state index in [2.05, 4.69) is 4.74 Å². The van der Waals surface area contributed by atoms with Crippen LogP contribution in [-0.2, 0) is 9.53 Å². The maximum absolute atomic E-state index is 10.2. The van der Waals surface area contributed by atoms with Crippen LogP contribution in [0.1, 0.15) is 0 Å². The minimum atomic E-state index is -0.299. The molecule has 0 atom stereocenters. The van der Waals surface area contributed by atoms with Crippen molar-refractivity contribution in [2.75, 3.05) is 7.11 Å². The summed E-state index contributed by atoms with van der Waals surface area (Å²) in [7, 11) is 1.32. The molecule has 0 aromatic carbocycles. The fourth-order valence-corrected chi connectivity index (χ4v) is 0.780. The summed E-state index contributed by atoms with van der Waals surface area (Å²) in [4.78, 5) is 12.1. The van der Waals surface area contributed by atoms with Gasteiger partial charge in [0, 0.05) is 0 Å². The summed E-state index contributed by atoms with van der Waals surface area (Å²) in [5.74, 6) is -0.299. The molecule has 0 aliphatic heterocycles. The zero-order valence-electron chi connectivity index (χ0n) is 4.38. The van der Waals surface area contributed by atoms with Crippen molar-refractivity contribution in [3.63, 3.8) is 0 Å². The van der Waals surface area contributed by atoms with Crippen molar-refractivity contribution in [1.82, 2.24) is 0 Å². The molecule has 0 spiro atoms. The van der Waals surface area contributed by atoms with Crippen molar-refractivity contribution in [2.45, 2.75) is 5.32 Å². The van der Waals surface area contributed by atoms with Crippen LogP contribution < -0.4 is 0 Å². The SMILES string of the molecule is COC(=O)C[Se]C#N. The van der Waals surface area contributed by atoms with Gasteiger partial charge in [0.25, 0.3) is 0 Å². The molecule has 0 saturated heterocycles.